The molecule has 0 fully saturated rings. The predicted octanol–water partition coefficient (Wildman–Crippen LogP) is 4.11. The highest BCUT2D eigenvalue weighted by Crippen LogP contribution is 2.32. The Kier molecular flexibility index (Phi) is 5.47. The minimum Gasteiger partial charge on any atom is -0.465 e. The average molecular weight is 363 g/mol. The summed E-state index contributed by atoms with van der Waals surface area (Å²) in [6, 6.07) is 17.7. The summed E-state index contributed by atoms with van der Waals surface area (Å²) in [5.74, 6) is -0.555. The molecule has 1 heterocycles. The molecule has 0 aliphatic rings. The molecule has 0 atom stereocenters. The number of hydrogen-bond donors (Lipinski definition) is 0. The maximum Gasteiger partial charge on any atom is 0.338 e. The Morgan fingerprint density at radius 2 is 1.44 bits per heavy atom. The van der Waals surface area contributed by atoms with E-state index >= 15 is 0 Å². The Balaban J connectivity index is 2.03. The number of nitrogens with zero attached hydrogens (tertiary/aromatic N) is 1. The number of esters is 2. The van der Waals surface area contributed by atoms with Gasteiger partial charge >= 0.3 is 11.9 Å². The fourth-order valence-electron chi connectivity index (χ4n) is 2.55. The van der Waals surface area contributed by atoms with Gasteiger partial charge in [0.25, 0.3) is 0 Å². The normalized spacial score (nSPS) is 10.1. The van der Waals surface area contributed by atoms with Crippen molar-refractivity contribution in [3.8, 4) is 22.8 Å². The van der Waals surface area contributed by atoms with Gasteiger partial charge < -0.3 is 14.2 Å². The molecule has 0 amide bonds. The molecule has 6 heteroatoms. The summed E-state index contributed by atoms with van der Waals surface area (Å²) < 4.78 is 15.4. The van der Waals surface area contributed by atoms with Crippen molar-refractivity contribution in [1.29, 1.82) is 0 Å². The van der Waals surface area contributed by atoms with Crippen molar-refractivity contribution in [2.45, 2.75) is 0 Å². The molecule has 0 N–H and O–H groups in total. The van der Waals surface area contributed by atoms with Crippen LogP contribution in [0.4, 0.5) is 0 Å². The summed E-state index contributed by atoms with van der Waals surface area (Å²) in [7, 11) is 2.53. The van der Waals surface area contributed by atoms with Crippen LogP contribution in [0.3, 0.4) is 0 Å². The second-order valence-electron chi connectivity index (χ2n) is 5.55. The minimum absolute atomic E-state index is 0.174. The van der Waals surface area contributed by atoms with E-state index in [0.717, 1.165) is 11.1 Å². The minimum atomic E-state index is -0.588. The highest BCUT2D eigenvalue weighted by molar-refractivity contribution is 5.96. The van der Waals surface area contributed by atoms with Crippen LogP contribution in [-0.2, 0) is 9.47 Å². The van der Waals surface area contributed by atoms with Crippen molar-refractivity contribution in [1.82, 2.24) is 4.98 Å². The molecular formula is C21H17NO5. The Bertz CT molecular complexity index is 935. The lowest BCUT2D eigenvalue weighted by atomic mass is 10.1. The van der Waals surface area contributed by atoms with Crippen LogP contribution < -0.4 is 4.74 Å². The fraction of sp³-hybridized carbons (Fsp3) is 0.0952. The van der Waals surface area contributed by atoms with Crippen LogP contribution in [0.5, 0.6) is 11.6 Å². The Hall–Kier alpha value is -3.67. The van der Waals surface area contributed by atoms with Gasteiger partial charge in [-0.1, -0.05) is 30.3 Å². The summed E-state index contributed by atoms with van der Waals surface area (Å²) in [5, 5.41) is 0. The van der Waals surface area contributed by atoms with Gasteiger partial charge in [0.15, 0.2) is 0 Å². The second-order valence-corrected chi connectivity index (χ2v) is 5.55. The van der Waals surface area contributed by atoms with Gasteiger partial charge in [-0.25, -0.2) is 14.6 Å². The van der Waals surface area contributed by atoms with E-state index in [2.05, 4.69) is 4.98 Å². The van der Waals surface area contributed by atoms with Crippen LogP contribution in [0.1, 0.15) is 20.7 Å². The maximum absolute atomic E-state index is 11.9. The van der Waals surface area contributed by atoms with E-state index in [1.54, 1.807) is 12.3 Å². The third-order valence-corrected chi connectivity index (χ3v) is 3.82. The molecule has 136 valence electrons. The van der Waals surface area contributed by atoms with Crippen LogP contribution in [0.2, 0.25) is 0 Å². The standard InChI is InChI=1S/C21H17NO5/c1-25-20(23)15-11-16(21(24)26-2)13-17(12-15)27-19-18(9-6-10-22-19)14-7-4-3-5-8-14/h3-13H,1-2H3. The van der Waals surface area contributed by atoms with Crippen LogP contribution in [0.15, 0.2) is 66.9 Å². The molecule has 0 unspecified atom stereocenters. The molecule has 0 bridgehead atoms. The molecule has 0 aliphatic carbocycles. The van der Waals surface area contributed by atoms with Crippen molar-refractivity contribution < 1.29 is 23.8 Å². The van der Waals surface area contributed by atoms with Gasteiger partial charge in [0, 0.05) is 11.8 Å². The van der Waals surface area contributed by atoms with E-state index in [1.807, 2.05) is 36.4 Å². The lowest BCUT2D eigenvalue weighted by Gasteiger charge is -2.12. The highest BCUT2D eigenvalue weighted by atomic mass is 16.5. The van der Waals surface area contributed by atoms with Crippen LogP contribution in [-0.4, -0.2) is 31.1 Å². The first kappa shape index (κ1) is 18.1. The number of aromatic nitrogens is 1. The van der Waals surface area contributed by atoms with Crippen LogP contribution in [0.25, 0.3) is 11.1 Å². The van der Waals surface area contributed by atoms with Gasteiger partial charge in [-0.2, -0.15) is 0 Å². The van der Waals surface area contributed by atoms with Gasteiger partial charge in [-0.15, -0.1) is 0 Å². The maximum atomic E-state index is 11.9. The van der Waals surface area contributed by atoms with Gasteiger partial charge in [-0.05, 0) is 35.9 Å². The Morgan fingerprint density at radius 1 is 0.815 bits per heavy atom. The number of benzene rings is 2. The van der Waals surface area contributed by atoms with Crippen molar-refractivity contribution in [3.05, 3.63) is 78.0 Å². The van der Waals surface area contributed by atoms with Crippen molar-refractivity contribution in [2.75, 3.05) is 14.2 Å². The zero-order valence-electron chi connectivity index (χ0n) is 14.8. The lowest BCUT2D eigenvalue weighted by molar-refractivity contribution is 0.0598. The van der Waals surface area contributed by atoms with E-state index in [-0.39, 0.29) is 16.9 Å². The van der Waals surface area contributed by atoms with Crippen LogP contribution in [0, 0.1) is 0 Å². The largest absolute Gasteiger partial charge is 0.465 e. The number of ether oxygens (including phenoxy) is 3. The molecule has 1 aromatic heterocycles. The Labute approximate surface area is 156 Å². The third kappa shape index (κ3) is 4.12. The van der Waals surface area contributed by atoms with Crippen molar-refractivity contribution in [2.24, 2.45) is 0 Å². The van der Waals surface area contributed by atoms with E-state index < -0.39 is 11.9 Å². The van der Waals surface area contributed by atoms with Crippen LogP contribution >= 0.6 is 0 Å². The average Bonchev–Trinajstić information content (AvgIpc) is 2.73. The van der Waals surface area contributed by atoms with E-state index in [4.69, 9.17) is 14.2 Å². The molecule has 0 radical (unpaired) electrons. The first-order chi connectivity index (χ1) is 13.1. The second kappa shape index (κ2) is 8.14. The molecule has 6 nitrogen and oxygen atoms in total. The SMILES string of the molecule is COC(=O)c1cc(Oc2ncccc2-c2ccccc2)cc(C(=O)OC)c1. The van der Waals surface area contributed by atoms with E-state index in [1.165, 1.54) is 32.4 Å². The topological polar surface area (TPSA) is 74.7 Å². The fourth-order valence-corrected chi connectivity index (χ4v) is 2.55. The van der Waals surface area contributed by atoms with Gasteiger partial charge in [-0.3, -0.25) is 0 Å². The first-order valence-corrected chi connectivity index (χ1v) is 8.12. The van der Waals surface area contributed by atoms with E-state index in [0.29, 0.717) is 5.88 Å². The molecule has 0 aliphatic heterocycles. The van der Waals surface area contributed by atoms with Gasteiger partial charge in [0.2, 0.25) is 5.88 Å². The number of rotatable bonds is 5. The molecule has 3 rings (SSSR count). The number of carbonyl (C=O) groups is 2. The third-order valence-electron chi connectivity index (χ3n) is 3.82. The molecule has 0 spiro atoms. The summed E-state index contributed by atoms with van der Waals surface area (Å²) in [6.45, 7) is 0. The number of methoxy groups -OCH3 is 2. The molecule has 0 saturated heterocycles. The molecular weight excluding hydrogens is 346 g/mol. The molecule has 3 aromatic rings. The summed E-state index contributed by atoms with van der Waals surface area (Å²) in [4.78, 5) is 28.1. The monoisotopic (exact) mass is 363 g/mol. The number of carbonyl (C=O) groups excluding carboxylic acids is 2. The molecule has 27 heavy (non-hydrogen) atoms. The van der Waals surface area contributed by atoms with Crippen molar-refractivity contribution in [3.63, 3.8) is 0 Å². The zero-order chi connectivity index (χ0) is 19.2. The summed E-state index contributed by atoms with van der Waals surface area (Å²) in [6.07, 6.45) is 1.60. The number of pyridine rings is 1. The predicted molar refractivity (Wildman–Crippen MR) is 98.9 cm³/mol. The first-order valence-electron chi connectivity index (χ1n) is 8.12. The van der Waals surface area contributed by atoms with E-state index in [9.17, 15) is 9.59 Å². The number of hydrogen-bond acceptors (Lipinski definition) is 6. The van der Waals surface area contributed by atoms with Gasteiger partial charge in [0.05, 0.1) is 25.3 Å². The summed E-state index contributed by atoms with van der Waals surface area (Å²) >= 11 is 0. The quantitative estimate of drug-likeness (QED) is 0.635. The molecule has 0 saturated carbocycles. The van der Waals surface area contributed by atoms with Gasteiger partial charge in [0.1, 0.15) is 5.75 Å². The Morgan fingerprint density at radius 3 is 2.04 bits per heavy atom. The smallest absolute Gasteiger partial charge is 0.338 e. The summed E-state index contributed by atoms with van der Waals surface area (Å²) in [5.41, 5.74) is 2.05. The molecule has 2 aromatic carbocycles. The zero-order valence-corrected chi connectivity index (χ0v) is 14.8. The highest BCUT2D eigenvalue weighted by Gasteiger charge is 2.16. The lowest BCUT2D eigenvalue weighted by Crippen LogP contribution is -2.07. The van der Waals surface area contributed by atoms with Crippen molar-refractivity contribution >= 4 is 11.9 Å².